The van der Waals surface area contributed by atoms with E-state index in [2.05, 4.69) is 11.0 Å². The molecule has 0 aromatic heterocycles. The summed E-state index contributed by atoms with van der Waals surface area (Å²) in [6, 6.07) is 4.69. The number of aliphatic hydroxyl groups is 1. The molecule has 0 radical (unpaired) electrons. The molecule has 1 aromatic carbocycles. The molecule has 20 heavy (non-hydrogen) atoms. The second-order valence-corrected chi connectivity index (χ2v) is 4.65. The van der Waals surface area contributed by atoms with Crippen LogP contribution in [-0.4, -0.2) is 48.3 Å². The van der Waals surface area contributed by atoms with Crippen LogP contribution >= 0.6 is 0 Å². The molecular formula is C14H18N2O4. The highest BCUT2D eigenvalue weighted by molar-refractivity contribution is 5.72. The minimum absolute atomic E-state index is 0.0314. The molecule has 1 N–H and O–H groups in total. The van der Waals surface area contributed by atoms with Crippen molar-refractivity contribution in [3.05, 3.63) is 40.0 Å². The SMILES string of the molecule is COc1cc([N+](=O)[O-])ccc1C1=CCN(CCO)CC1. The maximum atomic E-state index is 10.8. The fourth-order valence-electron chi connectivity index (χ4n) is 2.36. The number of benzene rings is 1. The number of aliphatic hydroxyl groups excluding tert-OH is 1. The van der Waals surface area contributed by atoms with E-state index in [9.17, 15) is 10.1 Å². The summed E-state index contributed by atoms with van der Waals surface area (Å²) in [6.07, 6.45) is 2.93. The van der Waals surface area contributed by atoms with E-state index in [-0.39, 0.29) is 12.3 Å². The molecule has 0 aliphatic carbocycles. The predicted molar refractivity (Wildman–Crippen MR) is 75.8 cm³/mol. The number of hydrogen-bond donors (Lipinski definition) is 1. The monoisotopic (exact) mass is 278 g/mol. The Bertz CT molecular complexity index is 528. The first kappa shape index (κ1) is 14.5. The topological polar surface area (TPSA) is 75.8 Å². The summed E-state index contributed by atoms with van der Waals surface area (Å²) in [4.78, 5) is 12.5. The second-order valence-electron chi connectivity index (χ2n) is 4.65. The number of methoxy groups -OCH3 is 1. The van der Waals surface area contributed by atoms with Crippen LogP contribution in [0, 0.1) is 10.1 Å². The average molecular weight is 278 g/mol. The average Bonchev–Trinajstić information content (AvgIpc) is 2.47. The fourth-order valence-corrected chi connectivity index (χ4v) is 2.36. The number of β-amino-alcohol motifs (C(OH)–C–C–N with tert-alkyl or cyclic N) is 1. The zero-order valence-electron chi connectivity index (χ0n) is 11.4. The van der Waals surface area contributed by atoms with Crippen LogP contribution in [0.25, 0.3) is 5.57 Å². The van der Waals surface area contributed by atoms with Gasteiger partial charge < -0.3 is 9.84 Å². The Balaban J connectivity index is 2.23. The third-order valence-corrected chi connectivity index (χ3v) is 3.45. The van der Waals surface area contributed by atoms with Crippen LogP contribution in [0.1, 0.15) is 12.0 Å². The summed E-state index contributed by atoms with van der Waals surface area (Å²) in [5.41, 5.74) is 2.07. The van der Waals surface area contributed by atoms with Crippen LogP contribution in [0.3, 0.4) is 0 Å². The molecule has 1 aliphatic rings. The highest BCUT2D eigenvalue weighted by Gasteiger charge is 2.17. The quantitative estimate of drug-likeness (QED) is 0.655. The summed E-state index contributed by atoms with van der Waals surface area (Å²) in [7, 11) is 1.52. The van der Waals surface area contributed by atoms with E-state index >= 15 is 0 Å². The number of nitrogens with zero attached hydrogens (tertiary/aromatic N) is 2. The van der Waals surface area contributed by atoms with Gasteiger partial charge in [0.15, 0.2) is 0 Å². The van der Waals surface area contributed by atoms with E-state index in [1.807, 2.05) is 0 Å². The van der Waals surface area contributed by atoms with Crippen LogP contribution in [0.2, 0.25) is 0 Å². The molecule has 108 valence electrons. The zero-order chi connectivity index (χ0) is 14.5. The van der Waals surface area contributed by atoms with Gasteiger partial charge in [0.05, 0.1) is 24.7 Å². The van der Waals surface area contributed by atoms with Gasteiger partial charge in [-0.05, 0) is 18.1 Å². The molecule has 0 atom stereocenters. The van der Waals surface area contributed by atoms with Crippen molar-refractivity contribution in [3.63, 3.8) is 0 Å². The molecule has 0 fully saturated rings. The van der Waals surface area contributed by atoms with Crippen molar-refractivity contribution in [3.8, 4) is 5.75 Å². The molecule has 6 heteroatoms. The summed E-state index contributed by atoms with van der Waals surface area (Å²) in [6.45, 7) is 2.47. The Hall–Kier alpha value is -1.92. The maximum absolute atomic E-state index is 10.8. The van der Waals surface area contributed by atoms with E-state index < -0.39 is 4.92 Å². The Labute approximate surface area is 117 Å². The van der Waals surface area contributed by atoms with Crippen molar-refractivity contribution in [1.29, 1.82) is 0 Å². The number of rotatable bonds is 5. The van der Waals surface area contributed by atoms with Crippen molar-refractivity contribution < 1.29 is 14.8 Å². The minimum Gasteiger partial charge on any atom is -0.496 e. The van der Waals surface area contributed by atoms with Gasteiger partial charge in [0.25, 0.3) is 5.69 Å². The van der Waals surface area contributed by atoms with E-state index in [0.717, 1.165) is 30.6 Å². The lowest BCUT2D eigenvalue weighted by atomic mass is 9.98. The fraction of sp³-hybridized carbons (Fsp3) is 0.429. The molecule has 0 amide bonds. The molecule has 0 spiro atoms. The summed E-state index contributed by atoms with van der Waals surface area (Å²) < 4.78 is 5.26. The van der Waals surface area contributed by atoms with Crippen molar-refractivity contribution in [1.82, 2.24) is 4.90 Å². The summed E-state index contributed by atoms with van der Waals surface area (Å²) >= 11 is 0. The van der Waals surface area contributed by atoms with E-state index in [4.69, 9.17) is 9.84 Å². The Morgan fingerprint density at radius 3 is 2.85 bits per heavy atom. The number of hydrogen-bond acceptors (Lipinski definition) is 5. The van der Waals surface area contributed by atoms with Gasteiger partial charge in [-0.1, -0.05) is 6.08 Å². The second kappa shape index (κ2) is 6.49. The molecule has 1 aromatic rings. The van der Waals surface area contributed by atoms with Gasteiger partial charge in [0.2, 0.25) is 0 Å². The van der Waals surface area contributed by atoms with Crippen LogP contribution in [-0.2, 0) is 0 Å². The van der Waals surface area contributed by atoms with Gasteiger partial charge in [0, 0.05) is 31.3 Å². The van der Waals surface area contributed by atoms with Gasteiger partial charge in [-0.15, -0.1) is 0 Å². The van der Waals surface area contributed by atoms with Crippen LogP contribution in [0.15, 0.2) is 24.3 Å². The molecule has 6 nitrogen and oxygen atoms in total. The Morgan fingerprint density at radius 2 is 2.30 bits per heavy atom. The van der Waals surface area contributed by atoms with Gasteiger partial charge in [0.1, 0.15) is 5.75 Å². The molecule has 1 heterocycles. The molecule has 0 bridgehead atoms. The Morgan fingerprint density at radius 1 is 1.50 bits per heavy atom. The molecule has 0 saturated carbocycles. The number of non-ortho nitro benzene ring substituents is 1. The first-order valence-electron chi connectivity index (χ1n) is 6.50. The van der Waals surface area contributed by atoms with Gasteiger partial charge in [-0.25, -0.2) is 0 Å². The number of nitro groups is 1. The van der Waals surface area contributed by atoms with E-state index in [1.165, 1.54) is 19.2 Å². The summed E-state index contributed by atoms with van der Waals surface area (Å²) in [5.74, 6) is 0.529. The van der Waals surface area contributed by atoms with Crippen molar-refractivity contribution in [2.24, 2.45) is 0 Å². The first-order chi connectivity index (χ1) is 9.65. The molecule has 1 aliphatic heterocycles. The van der Waals surface area contributed by atoms with Gasteiger partial charge >= 0.3 is 0 Å². The third kappa shape index (κ3) is 3.15. The van der Waals surface area contributed by atoms with Gasteiger partial charge in [-0.3, -0.25) is 15.0 Å². The van der Waals surface area contributed by atoms with Gasteiger partial charge in [-0.2, -0.15) is 0 Å². The molecule has 0 saturated heterocycles. The van der Waals surface area contributed by atoms with Crippen LogP contribution in [0.4, 0.5) is 5.69 Å². The van der Waals surface area contributed by atoms with E-state index in [0.29, 0.717) is 12.3 Å². The predicted octanol–water partition coefficient (Wildman–Crippen LogP) is 1.68. The smallest absolute Gasteiger partial charge is 0.273 e. The maximum Gasteiger partial charge on any atom is 0.273 e. The number of ether oxygens (including phenoxy) is 1. The molecule has 0 unspecified atom stereocenters. The first-order valence-corrected chi connectivity index (χ1v) is 6.50. The third-order valence-electron chi connectivity index (χ3n) is 3.45. The highest BCUT2D eigenvalue weighted by Crippen LogP contribution is 2.33. The van der Waals surface area contributed by atoms with E-state index in [1.54, 1.807) is 6.07 Å². The van der Waals surface area contributed by atoms with Crippen molar-refractivity contribution >= 4 is 11.3 Å². The molecular weight excluding hydrogens is 260 g/mol. The van der Waals surface area contributed by atoms with Crippen molar-refractivity contribution in [2.75, 3.05) is 33.4 Å². The normalized spacial score (nSPS) is 15.8. The lowest BCUT2D eigenvalue weighted by Crippen LogP contribution is -2.31. The minimum atomic E-state index is -0.426. The largest absolute Gasteiger partial charge is 0.496 e. The lowest BCUT2D eigenvalue weighted by molar-refractivity contribution is -0.384. The van der Waals surface area contributed by atoms with Crippen LogP contribution < -0.4 is 4.74 Å². The van der Waals surface area contributed by atoms with Crippen LogP contribution in [0.5, 0.6) is 5.75 Å². The number of nitro benzene ring substituents is 1. The highest BCUT2D eigenvalue weighted by atomic mass is 16.6. The summed E-state index contributed by atoms with van der Waals surface area (Å²) in [5, 5.41) is 19.7. The zero-order valence-corrected chi connectivity index (χ0v) is 11.4. The molecule has 2 rings (SSSR count). The van der Waals surface area contributed by atoms with Crippen molar-refractivity contribution in [2.45, 2.75) is 6.42 Å². The Kier molecular flexibility index (Phi) is 4.70. The lowest BCUT2D eigenvalue weighted by Gasteiger charge is -2.26. The standard InChI is InChI=1S/C14H18N2O4/c1-20-14-10-12(16(18)19)2-3-13(14)11-4-6-15(7-5-11)8-9-17/h2-4,10,17H,5-9H2,1H3.